The predicted molar refractivity (Wildman–Crippen MR) is 113 cm³/mol. The number of pyridine rings is 2. The molecule has 1 aromatic carbocycles. The Hall–Kier alpha value is -4.01. The zero-order valence-corrected chi connectivity index (χ0v) is 16.4. The number of rotatable bonds is 5. The Morgan fingerprint density at radius 1 is 1.20 bits per heavy atom. The minimum Gasteiger partial charge on any atom is -0.450 e. The van der Waals surface area contributed by atoms with Gasteiger partial charge in [0.2, 0.25) is 5.95 Å². The highest BCUT2D eigenvalue weighted by Gasteiger charge is 2.17. The summed E-state index contributed by atoms with van der Waals surface area (Å²) in [4.78, 5) is 27.7. The highest BCUT2D eigenvalue weighted by molar-refractivity contribution is 5.97. The molecule has 0 saturated carbocycles. The second-order valence-corrected chi connectivity index (χ2v) is 6.36. The van der Waals surface area contributed by atoms with Crippen LogP contribution in [0.1, 0.15) is 6.92 Å². The first-order valence-corrected chi connectivity index (χ1v) is 9.31. The van der Waals surface area contributed by atoms with Crippen LogP contribution in [0.2, 0.25) is 0 Å². The van der Waals surface area contributed by atoms with Crippen molar-refractivity contribution < 1.29 is 13.9 Å². The third-order valence-electron chi connectivity index (χ3n) is 4.46. The Morgan fingerprint density at radius 2 is 2.07 bits per heavy atom. The van der Waals surface area contributed by atoms with Gasteiger partial charge in [0.25, 0.3) is 0 Å². The fraction of sp³-hybridized carbons (Fsp3) is 0.143. The lowest BCUT2D eigenvalue weighted by Gasteiger charge is -2.08. The van der Waals surface area contributed by atoms with Gasteiger partial charge in [0, 0.05) is 30.6 Å². The van der Waals surface area contributed by atoms with Gasteiger partial charge in [-0.05, 0) is 48.9 Å². The molecular weight excluding hydrogens is 387 g/mol. The topological polar surface area (TPSA) is 105 Å². The van der Waals surface area contributed by atoms with Gasteiger partial charge in [-0.1, -0.05) is 0 Å². The van der Waals surface area contributed by atoms with E-state index in [0.717, 1.165) is 16.9 Å². The van der Waals surface area contributed by atoms with Crippen LogP contribution in [-0.2, 0) is 4.74 Å². The molecule has 0 unspecified atom stereocenters. The first-order chi connectivity index (χ1) is 14.6. The Labute approximate surface area is 171 Å². The fourth-order valence-electron chi connectivity index (χ4n) is 3.09. The summed E-state index contributed by atoms with van der Waals surface area (Å²) in [6.07, 6.45) is 2.61. The van der Waals surface area contributed by atoms with Crippen molar-refractivity contribution in [2.45, 2.75) is 6.92 Å². The number of benzene rings is 1. The third kappa shape index (κ3) is 3.77. The van der Waals surface area contributed by atoms with Crippen LogP contribution in [0.15, 0.2) is 48.8 Å². The number of imidazole rings is 1. The fourth-order valence-corrected chi connectivity index (χ4v) is 3.09. The molecule has 0 aliphatic rings. The lowest BCUT2D eigenvalue weighted by Crippen LogP contribution is -2.14. The standard InChI is InChI=1S/C21H19FN6O2/c1-3-30-21(29)28-20-26-16-10-13(12-6-7-17(23-2)25-11-12)9-14(19(16)27-20)18-15(22)5-4-8-24-18/h4-11H,3H2,1-2H3,(H,23,25)(H2,26,27,28,29). The molecule has 3 N–H and O–H groups in total. The monoisotopic (exact) mass is 406 g/mol. The van der Waals surface area contributed by atoms with Crippen LogP contribution in [0.5, 0.6) is 0 Å². The molecule has 4 rings (SSSR count). The number of anilines is 2. The molecule has 3 aromatic heterocycles. The van der Waals surface area contributed by atoms with E-state index < -0.39 is 11.9 Å². The van der Waals surface area contributed by atoms with Gasteiger partial charge in [-0.15, -0.1) is 0 Å². The summed E-state index contributed by atoms with van der Waals surface area (Å²) in [5.41, 5.74) is 3.39. The number of carbonyl (C=O) groups excluding carboxylic acids is 1. The molecule has 8 nitrogen and oxygen atoms in total. The van der Waals surface area contributed by atoms with Crippen molar-refractivity contribution in [3.8, 4) is 22.4 Å². The number of amides is 1. The summed E-state index contributed by atoms with van der Waals surface area (Å²) in [7, 11) is 1.79. The maximum atomic E-state index is 14.5. The molecule has 152 valence electrons. The second-order valence-electron chi connectivity index (χ2n) is 6.36. The van der Waals surface area contributed by atoms with Crippen LogP contribution >= 0.6 is 0 Å². The van der Waals surface area contributed by atoms with E-state index in [1.54, 1.807) is 20.2 Å². The Kier molecular flexibility index (Phi) is 5.25. The van der Waals surface area contributed by atoms with Gasteiger partial charge in [0.1, 0.15) is 17.3 Å². The molecule has 1 amide bonds. The van der Waals surface area contributed by atoms with E-state index in [-0.39, 0.29) is 18.2 Å². The zero-order valence-electron chi connectivity index (χ0n) is 16.4. The highest BCUT2D eigenvalue weighted by atomic mass is 19.1. The number of halogens is 1. The van der Waals surface area contributed by atoms with Gasteiger partial charge in [-0.3, -0.25) is 10.3 Å². The summed E-state index contributed by atoms with van der Waals surface area (Å²) < 4.78 is 19.4. The molecule has 0 saturated heterocycles. The van der Waals surface area contributed by atoms with E-state index in [0.29, 0.717) is 16.6 Å². The molecule has 9 heteroatoms. The minimum atomic E-state index is -0.630. The molecule has 0 spiro atoms. The van der Waals surface area contributed by atoms with Crippen molar-refractivity contribution in [3.05, 3.63) is 54.6 Å². The number of H-pyrrole nitrogens is 1. The number of carbonyl (C=O) groups is 1. The summed E-state index contributed by atoms with van der Waals surface area (Å²) >= 11 is 0. The lowest BCUT2D eigenvalue weighted by atomic mass is 10.0. The number of aromatic nitrogens is 4. The summed E-state index contributed by atoms with van der Waals surface area (Å²) in [6, 6.07) is 10.3. The van der Waals surface area contributed by atoms with Crippen molar-refractivity contribution in [2.24, 2.45) is 0 Å². The Bertz CT molecular complexity index is 1210. The molecular formula is C21H19FN6O2. The largest absolute Gasteiger partial charge is 0.450 e. The maximum absolute atomic E-state index is 14.5. The van der Waals surface area contributed by atoms with E-state index in [4.69, 9.17) is 4.74 Å². The lowest BCUT2D eigenvalue weighted by molar-refractivity contribution is 0.167. The molecule has 3 heterocycles. The van der Waals surface area contributed by atoms with Crippen LogP contribution in [0, 0.1) is 5.82 Å². The molecule has 4 aromatic rings. The van der Waals surface area contributed by atoms with E-state index in [1.807, 2.05) is 24.3 Å². The van der Waals surface area contributed by atoms with Crippen molar-refractivity contribution in [3.63, 3.8) is 0 Å². The van der Waals surface area contributed by atoms with E-state index in [9.17, 15) is 9.18 Å². The van der Waals surface area contributed by atoms with Gasteiger partial charge in [-0.25, -0.2) is 19.2 Å². The van der Waals surface area contributed by atoms with E-state index >= 15 is 0 Å². The quantitative estimate of drug-likeness (QED) is 0.453. The predicted octanol–water partition coefficient (Wildman–Crippen LogP) is 4.44. The van der Waals surface area contributed by atoms with Crippen LogP contribution in [-0.4, -0.2) is 39.7 Å². The normalized spacial score (nSPS) is 10.8. The van der Waals surface area contributed by atoms with Crippen LogP contribution < -0.4 is 10.6 Å². The number of ether oxygens (including phenoxy) is 1. The number of hydrogen-bond donors (Lipinski definition) is 3. The average molecular weight is 406 g/mol. The van der Waals surface area contributed by atoms with Crippen LogP contribution in [0.3, 0.4) is 0 Å². The van der Waals surface area contributed by atoms with E-state index in [2.05, 4.69) is 30.6 Å². The van der Waals surface area contributed by atoms with Gasteiger partial charge in [0.05, 0.1) is 17.6 Å². The molecule has 0 radical (unpaired) electrons. The highest BCUT2D eigenvalue weighted by Crippen LogP contribution is 2.34. The number of aromatic amines is 1. The SMILES string of the molecule is CCOC(=O)Nc1nc2cc(-c3ccc(NC)nc3)cc(-c3ncccc3F)c2[nH]1. The van der Waals surface area contributed by atoms with Crippen molar-refractivity contribution in [1.82, 2.24) is 19.9 Å². The van der Waals surface area contributed by atoms with Crippen molar-refractivity contribution >= 4 is 28.9 Å². The number of nitrogens with one attached hydrogen (secondary N) is 3. The molecule has 0 bridgehead atoms. The van der Waals surface area contributed by atoms with Gasteiger partial charge in [-0.2, -0.15) is 0 Å². The second kappa shape index (κ2) is 8.16. The summed E-state index contributed by atoms with van der Waals surface area (Å²) in [5, 5.41) is 5.51. The summed E-state index contributed by atoms with van der Waals surface area (Å²) in [6.45, 7) is 1.94. The molecule has 30 heavy (non-hydrogen) atoms. The molecule has 0 atom stereocenters. The van der Waals surface area contributed by atoms with Crippen molar-refractivity contribution in [1.29, 1.82) is 0 Å². The smallest absolute Gasteiger partial charge is 0.413 e. The Balaban J connectivity index is 1.87. The molecule has 0 aliphatic heterocycles. The van der Waals surface area contributed by atoms with E-state index in [1.165, 1.54) is 18.3 Å². The molecule has 0 aliphatic carbocycles. The summed E-state index contributed by atoms with van der Waals surface area (Å²) in [5.74, 6) is 0.465. The first-order valence-electron chi connectivity index (χ1n) is 9.31. The molecule has 0 fully saturated rings. The average Bonchev–Trinajstić information content (AvgIpc) is 3.16. The first kappa shape index (κ1) is 19.3. The Morgan fingerprint density at radius 3 is 2.77 bits per heavy atom. The van der Waals surface area contributed by atoms with Gasteiger partial charge in [0.15, 0.2) is 0 Å². The van der Waals surface area contributed by atoms with Crippen LogP contribution in [0.4, 0.5) is 21.0 Å². The number of fused-ring (bicyclic) bond motifs is 1. The van der Waals surface area contributed by atoms with Crippen molar-refractivity contribution in [2.75, 3.05) is 24.3 Å². The van der Waals surface area contributed by atoms with Crippen LogP contribution in [0.25, 0.3) is 33.4 Å². The number of nitrogens with zero attached hydrogens (tertiary/aromatic N) is 3. The van der Waals surface area contributed by atoms with Gasteiger partial charge < -0.3 is 15.0 Å². The number of hydrogen-bond acceptors (Lipinski definition) is 6. The third-order valence-corrected chi connectivity index (χ3v) is 4.46. The zero-order chi connectivity index (χ0) is 21.1. The maximum Gasteiger partial charge on any atom is 0.413 e. The minimum absolute atomic E-state index is 0.176. The van der Waals surface area contributed by atoms with Gasteiger partial charge >= 0.3 is 6.09 Å².